The minimum Gasteiger partial charge on any atom is -0.378 e. The average Bonchev–Trinajstić information content (AvgIpc) is 2.56. The highest BCUT2D eigenvalue weighted by atomic mass is 19.1. The molecule has 1 fully saturated rings. The number of benzene rings is 2. The van der Waals surface area contributed by atoms with Crippen molar-refractivity contribution in [2.75, 3.05) is 31.2 Å². The number of rotatable bonds is 3. The molecule has 0 aliphatic carbocycles. The molecular weight excluding hydrogens is 286 g/mol. The molecule has 0 radical (unpaired) electrons. The molecule has 1 aliphatic heterocycles. The lowest BCUT2D eigenvalue weighted by Crippen LogP contribution is -2.36. The molecule has 2 aromatic carbocycles. The van der Waals surface area contributed by atoms with Crippen LogP contribution in [0.3, 0.4) is 0 Å². The summed E-state index contributed by atoms with van der Waals surface area (Å²) in [6.07, 6.45) is 1.24. The number of halogens is 2. The molecule has 2 aromatic rings. The highest BCUT2D eigenvalue weighted by molar-refractivity contribution is 5.84. The molecule has 0 saturated carbocycles. The molecule has 0 unspecified atom stereocenters. The van der Waals surface area contributed by atoms with Gasteiger partial charge in [-0.15, -0.1) is 0 Å². The summed E-state index contributed by atoms with van der Waals surface area (Å²) in [5.74, 6) is -1.24. The molecule has 0 atom stereocenters. The molecule has 114 valence electrons. The van der Waals surface area contributed by atoms with Crippen molar-refractivity contribution in [3.05, 3.63) is 59.7 Å². The van der Waals surface area contributed by atoms with E-state index in [0.717, 1.165) is 18.8 Å². The van der Waals surface area contributed by atoms with E-state index in [1.165, 1.54) is 24.4 Å². The fourth-order valence-corrected chi connectivity index (χ4v) is 2.41. The summed E-state index contributed by atoms with van der Waals surface area (Å²) < 4.78 is 32.6. The van der Waals surface area contributed by atoms with Crippen LogP contribution in [0.1, 0.15) is 5.56 Å². The number of nitrogens with zero attached hydrogens (tertiary/aromatic N) is 2. The van der Waals surface area contributed by atoms with E-state index in [9.17, 15) is 8.78 Å². The Kier molecular flexibility index (Phi) is 4.44. The van der Waals surface area contributed by atoms with E-state index in [2.05, 4.69) is 9.89 Å². The quantitative estimate of drug-likeness (QED) is 0.810. The van der Waals surface area contributed by atoms with Crippen LogP contribution in [-0.4, -0.2) is 32.5 Å². The van der Waals surface area contributed by atoms with Gasteiger partial charge in [-0.3, -0.25) is 4.99 Å². The van der Waals surface area contributed by atoms with Gasteiger partial charge in [0.25, 0.3) is 0 Å². The Morgan fingerprint density at radius 3 is 2.36 bits per heavy atom. The molecule has 1 heterocycles. The first kappa shape index (κ1) is 14.7. The van der Waals surface area contributed by atoms with Crippen molar-refractivity contribution in [1.29, 1.82) is 0 Å². The number of hydrogen-bond donors (Lipinski definition) is 0. The maximum Gasteiger partial charge on any atom is 0.134 e. The van der Waals surface area contributed by atoms with Crippen LogP contribution < -0.4 is 4.90 Å². The lowest BCUT2D eigenvalue weighted by atomic mass is 10.2. The highest BCUT2D eigenvalue weighted by Crippen LogP contribution is 2.29. The van der Waals surface area contributed by atoms with E-state index in [4.69, 9.17) is 4.74 Å². The predicted octanol–water partition coefficient (Wildman–Crippen LogP) is 3.55. The zero-order valence-corrected chi connectivity index (χ0v) is 12.0. The molecule has 0 spiro atoms. The Hall–Kier alpha value is -2.27. The van der Waals surface area contributed by atoms with Crippen LogP contribution in [0.25, 0.3) is 0 Å². The van der Waals surface area contributed by atoms with Crippen LogP contribution in [0.15, 0.2) is 47.5 Å². The van der Waals surface area contributed by atoms with Gasteiger partial charge in [0, 0.05) is 19.3 Å². The third kappa shape index (κ3) is 3.14. The van der Waals surface area contributed by atoms with Crippen molar-refractivity contribution in [2.24, 2.45) is 4.99 Å². The molecule has 1 saturated heterocycles. The van der Waals surface area contributed by atoms with Gasteiger partial charge in [0.2, 0.25) is 0 Å². The van der Waals surface area contributed by atoms with Crippen molar-refractivity contribution in [3.63, 3.8) is 0 Å². The molecule has 0 aromatic heterocycles. The fourth-order valence-electron chi connectivity index (χ4n) is 2.41. The summed E-state index contributed by atoms with van der Waals surface area (Å²) in [6, 6.07) is 11.3. The molecule has 3 rings (SSSR count). The first-order valence-electron chi connectivity index (χ1n) is 7.15. The summed E-state index contributed by atoms with van der Waals surface area (Å²) in [5, 5.41) is 0. The number of hydrogen-bond acceptors (Lipinski definition) is 3. The normalized spacial score (nSPS) is 15.5. The molecule has 3 nitrogen and oxygen atoms in total. The summed E-state index contributed by atoms with van der Waals surface area (Å²) >= 11 is 0. The standard InChI is InChI=1S/C17H16F2N2O/c18-14-4-3-5-15(19)13(14)12-20-16-6-1-2-7-17(16)21-8-10-22-11-9-21/h1-7,12H,8-11H2. The number of ether oxygens (including phenoxy) is 1. The summed E-state index contributed by atoms with van der Waals surface area (Å²) in [5.41, 5.74) is 1.50. The Labute approximate surface area is 127 Å². The molecule has 0 amide bonds. The Bertz CT molecular complexity index is 662. The van der Waals surface area contributed by atoms with Crippen molar-refractivity contribution in [2.45, 2.75) is 0 Å². The van der Waals surface area contributed by atoms with E-state index in [1.54, 1.807) is 0 Å². The van der Waals surface area contributed by atoms with Crippen LogP contribution >= 0.6 is 0 Å². The Balaban J connectivity index is 1.90. The number of aliphatic imine (C=N–C) groups is 1. The molecule has 1 aliphatic rings. The lowest BCUT2D eigenvalue weighted by Gasteiger charge is -2.29. The summed E-state index contributed by atoms with van der Waals surface area (Å²) in [4.78, 5) is 6.45. The topological polar surface area (TPSA) is 24.8 Å². The van der Waals surface area contributed by atoms with Crippen LogP contribution in [0.2, 0.25) is 0 Å². The molecule has 5 heteroatoms. The number of morpholine rings is 1. The minimum absolute atomic E-state index is 0.126. The number of anilines is 1. The highest BCUT2D eigenvalue weighted by Gasteiger charge is 2.14. The lowest BCUT2D eigenvalue weighted by molar-refractivity contribution is 0.123. The second-order valence-corrected chi connectivity index (χ2v) is 4.98. The molecular formula is C17H16F2N2O. The van der Waals surface area contributed by atoms with Gasteiger partial charge in [-0.1, -0.05) is 18.2 Å². The number of para-hydroxylation sites is 2. The maximum absolute atomic E-state index is 13.7. The van der Waals surface area contributed by atoms with E-state index < -0.39 is 11.6 Å². The maximum atomic E-state index is 13.7. The Morgan fingerprint density at radius 1 is 0.955 bits per heavy atom. The smallest absolute Gasteiger partial charge is 0.134 e. The van der Waals surface area contributed by atoms with Crippen LogP contribution in [0.5, 0.6) is 0 Å². The predicted molar refractivity (Wildman–Crippen MR) is 83.1 cm³/mol. The first-order valence-corrected chi connectivity index (χ1v) is 7.15. The second kappa shape index (κ2) is 6.66. The van der Waals surface area contributed by atoms with Gasteiger partial charge in [-0.25, -0.2) is 8.78 Å². The SMILES string of the molecule is Fc1cccc(F)c1C=Nc1ccccc1N1CCOCC1. The van der Waals surface area contributed by atoms with Crippen LogP contribution in [0, 0.1) is 11.6 Å². The van der Waals surface area contributed by atoms with Gasteiger partial charge in [0.15, 0.2) is 0 Å². The fraction of sp³-hybridized carbons (Fsp3) is 0.235. The van der Waals surface area contributed by atoms with Gasteiger partial charge in [0.1, 0.15) is 11.6 Å². The summed E-state index contributed by atoms with van der Waals surface area (Å²) in [7, 11) is 0. The van der Waals surface area contributed by atoms with Crippen molar-refractivity contribution in [1.82, 2.24) is 0 Å². The second-order valence-electron chi connectivity index (χ2n) is 4.98. The first-order chi connectivity index (χ1) is 10.8. The van der Waals surface area contributed by atoms with E-state index in [0.29, 0.717) is 18.9 Å². The van der Waals surface area contributed by atoms with Gasteiger partial charge in [0.05, 0.1) is 30.2 Å². The van der Waals surface area contributed by atoms with Crippen LogP contribution in [0.4, 0.5) is 20.2 Å². The monoisotopic (exact) mass is 302 g/mol. The van der Waals surface area contributed by atoms with Gasteiger partial charge >= 0.3 is 0 Å². The van der Waals surface area contributed by atoms with E-state index in [1.807, 2.05) is 24.3 Å². The van der Waals surface area contributed by atoms with Gasteiger partial charge < -0.3 is 9.64 Å². The molecule has 0 N–H and O–H groups in total. The molecule has 22 heavy (non-hydrogen) atoms. The third-order valence-corrected chi connectivity index (χ3v) is 3.57. The zero-order chi connectivity index (χ0) is 15.4. The van der Waals surface area contributed by atoms with Crippen molar-refractivity contribution >= 4 is 17.6 Å². The average molecular weight is 302 g/mol. The van der Waals surface area contributed by atoms with Crippen molar-refractivity contribution < 1.29 is 13.5 Å². The van der Waals surface area contributed by atoms with E-state index in [-0.39, 0.29) is 5.56 Å². The minimum atomic E-state index is -0.618. The van der Waals surface area contributed by atoms with Gasteiger partial charge in [-0.05, 0) is 24.3 Å². The van der Waals surface area contributed by atoms with Gasteiger partial charge in [-0.2, -0.15) is 0 Å². The molecule has 0 bridgehead atoms. The van der Waals surface area contributed by atoms with Crippen LogP contribution in [-0.2, 0) is 4.74 Å². The van der Waals surface area contributed by atoms with Crippen molar-refractivity contribution in [3.8, 4) is 0 Å². The summed E-state index contributed by atoms with van der Waals surface area (Å²) in [6.45, 7) is 2.89. The zero-order valence-electron chi connectivity index (χ0n) is 12.0. The Morgan fingerprint density at radius 2 is 1.64 bits per heavy atom. The largest absolute Gasteiger partial charge is 0.378 e. The third-order valence-electron chi connectivity index (χ3n) is 3.57. The van der Waals surface area contributed by atoms with E-state index >= 15 is 0 Å².